The Kier molecular flexibility index (Phi) is 6.14. The molecule has 1 N–H and O–H groups in total. The highest BCUT2D eigenvalue weighted by atomic mass is 127. The Morgan fingerprint density at radius 2 is 2.00 bits per heavy atom. The molecule has 0 aliphatic heterocycles. The lowest BCUT2D eigenvalue weighted by atomic mass is 10.0. The predicted octanol–water partition coefficient (Wildman–Crippen LogP) is 1.22. The van der Waals surface area contributed by atoms with Gasteiger partial charge in [-0.3, -0.25) is 4.79 Å². The molecule has 1 fully saturated rings. The number of hydrogen-bond acceptors (Lipinski definition) is 4. The molecule has 0 radical (unpaired) electrons. The molecule has 0 bridgehead atoms. The van der Waals surface area contributed by atoms with E-state index in [1.54, 1.807) is 0 Å². The Hall–Kier alpha value is 0.110. The molecule has 1 unspecified atom stereocenters. The third-order valence-corrected chi connectivity index (χ3v) is 5.78. The van der Waals surface area contributed by atoms with Gasteiger partial charge in [-0.15, -0.1) is 0 Å². The Balaban J connectivity index is 2.46. The maximum Gasteiger partial charge on any atom is 0.319 e. The molecule has 0 aromatic rings. The van der Waals surface area contributed by atoms with Crippen molar-refractivity contribution in [2.45, 2.75) is 41.3 Å². The van der Waals surface area contributed by atoms with Crippen LogP contribution in [0.15, 0.2) is 0 Å². The molecule has 0 aromatic carbocycles. The van der Waals surface area contributed by atoms with Gasteiger partial charge < -0.3 is 4.74 Å². The van der Waals surface area contributed by atoms with Gasteiger partial charge in [0.15, 0.2) is 0 Å². The van der Waals surface area contributed by atoms with Crippen molar-refractivity contribution in [3.63, 3.8) is 0 Å². The number of hydrogen-bond donors (Lipinski definition) is 1. The van der Waals surface area contributed by atoms with Crippen molar-refractivity contribution in [1.82, 2.24) is 4.72 Å². The molecule has 1 saturated carbocycles. The summed E-state index contributed by atoms with van der Waals surface area (Å²) in [5, 5.41) is -0.294. The molecule has 0 heterocycles. The molecule has 1 aliphatic rings. The average Bonchev–Trinajstić information content (AvgIpc) is 2.36. The molecule has 0 spiro atoms. The summed E-state index contributed by atoms with van der Waals surface area (Å²) in [5.41, 5.74) is 0. The summed E-state index contributed by atoms with van der Waals surface area (Å²) < 4.78 is 30.4. The van der Waals surface area contributed by atoms with Crippen LogP contribution in [-0.2, 0) is 19.6 Å². The number of alkyl halides is 1. The van der Waals surface area contributed by atoms with E-state index < -0.39 is 19.9 Å². The monoisotopic (exact) mass is 375 g/mol. The minimum absolute atomic E-state index is 0.103. The molecule has 5 nitrogen and oxygen atoms in total. The van der Waals surface area contributed by atoms with E-state index >= 15 is 0 Å². The first-order chi connectivity index (χ1) is 7.97. The number of nitrogens with one attached hydrogen (secondary N) is 1. The fraction of sp³-hybridized carbons (Fsp3) is 0.900. The van der Waals surface area contributed by atoms with Crippen LogP contribution in [0.2, 0.25) is 0 Å². The zero-order valence-corrected chi connectivity index (χ0v) is 12.8. The number of methoxy groups -OCH3 is 1. The fourth-order valence-corrected chi connectivity index (χ4v) is 4.26. The maximum absolute atomic E-state index is 11.9. The normalized spacial score (nSPS) is 19.9. The van der Waals surface area contributed by atoms with Crippen LogP contribution in [0.1, 0.15) is 32.1 Å². The van der Waals surface area contributed by atoms with Crippen molar-refractivity contribution < 1.29 is 17.9 Å². The summed E-state index contributed by atoms with van der Waals surface area (Å²) in [6.07, 6.45) is 4.49. The Morgan fingerprint density at radius 1 is 1.41 bits per heavy atom. The molecule has 17 heavy (non-hydrogen) atoms. The lowest BCUT2D eigenvalue weighted by molar-refractivity contribution is -0.139. The van der Waals surface area contributed by atoms with Gasteiger partial charge in [0, 0.05) is 6.54 Å². The highest BCUT2D eigenvalue weighted by Crippen LogP contribution is 2.23. The molecule has 1 atom stereocenters. The van der Waals surface area contributed by atoms with Crippen LogP contribution in [0, 0.1) is 0 Å². The van der Waals surface area contributed by atoms with Crippen LogP contribution in [0.25, 0.3) is 0 Å². The number of halogens is 1. The summed E-state index contributed by atoms with van der Waals surface area (Å²) in [7, 11) is -1.99. The first-order valence-corrected chi connectivity index (χ1v) is 8.47. The van der Waals surface area contributed by atoms with Crippen LogP contribution in [-0.4, -0.2) is 37.2 Å². The number of ether oxygens (including phenoxy) is 1. The summed E-state index contributed by atoms with van der Waals surface area (Å²) in [6, 6.07) is 0. The van der Waals surface area contributed by atoms with Gasteiger partial charge in [0.05, 0.1) is 12.4 Å². The molecule has 100 valence electrons. The van der Waals surface area contributed by atoms with Crippen LogP contribution in [0.4, 0.5) is 0 Å². The highest BCUT2D eigenvalue weighted by Gasteiger charge is 2.28. The largest absolute Gasteiger partial charge is 0.468 e. The second-order valence-electron chi connectivity index (χ2n) is 4.14. The smallest absolute Gasteiger partial charge is 0.319 e. The molecular formula is C10H18INO4S. The Labute approximate surface area is 116 Å². The zero-order valence-electron chi connectivity index (χ0n) is 9.82. The molecule has 0 amide bonds. The second kappa shape index (κ2) is 6.89. The third kappa shape index (κ3) is 4.70. The van der Waals surface area contributed by atoms with Gasteiger partial charge in [0.2, 0.25) is 10.0 Å². The number of carbonyl (C=O) groups excluding carboxylic acids is 1. The van der Waals surface area contributed by atoms with E-state index in [0.717, 1.165) is 32.1 Å². The lowest BCUT2D eigenvalue weighted by Gasteiger charge is -2.22. The van der Waals surface area contributed by atoms with Crippen molar-refractivity contribution in [3.05, 3.63) is 0 Å². The summed E-state index contributed by atoms with van der Waals surface area (Å²) in [4.78, 5) is 11.1. The molecular weight excluding hydrogens is 357 g/mol. The van der Waals surface area contributed by atoms with Crippen LogP contribution in [0.3, 0.4) is 0 Å². The van der Waals surface area contributed by atoms with Crippen molar-refractivity contribution in [2.24, 2.45) is 0 Å². The first kappa shape index (κ1) is 15.2. The highest BCUT2D eigenvalue weighted by molar-refractivity contribution is 14.1. The van der Waals surface area contributed by atoms with Gasteiger partial charge in [-0.1, -0.05) is 41.9 Å². The van der Waals surface area contributed by atoms with E-state index in [1.165, 1.54) is 7.11 Å². The summed E-state index contributed by atoms with van der Waals surface area (Å²) in [5.74, 6) is -0.406. The standard InChI is InChI=1S/C10H18INO4S/c1-16-10(13)9(11)7-12-17(14,15)8-5-3-2-4-6-8/h8-9,12H,2-7H2,1H3. The molecule has 0 saturated heterocycles. The SMILES string of the molecule is COC(=O)C(I)CNS(=O)(=O)C1CCCCC1. The molecule has 1 aliphatic carbocycles. The van der Waals surface area contributed by atoms with Gasteiger partial charge in [0.25, 0.3) is 0 Å². The van der Waals surface area contributed by atoms with E-state index in [0.29, 0.717) is 0 Å². The van der Waals surface area contributed by atoms with Gasteiger partial charge in [-0.25, -0.2) is 13.1 Å². The quantitative estimate of drug-likeness (QED) is 0.446. The van der Waals surface area contributed by atoms with E-state index in [9.17, 15) is 13.2 Å². The number of carbonyl (C=O) groups is 1. The zero-order chi connectivity index (χ0) is 12.9. The molecule has 7 heteroatoms. The lowest BCUT2D eigenvalue weighted by Crippen LogP contribution is -2.40. The van der Waals surface area contributed by atoms with Crippen molar-refractivity contribution in [1.29, 1.82) is 0 Å². The van der Waals surface area contributed by atoms with Gasteiger partial charge >= 0.3 is 5.97 Å². The van der Waals surface area contributed by atoms with Gasteiger partial charge in [-0.2, -0.15) is 0 Å². The van der Waals surface area contributed by atoms with Gasteiger partial charge in [-0.05, 0) is 12.8 Å². The van der Waals surface area contributed by atoms with Crippen LogP contribution < -0.4 is 4.72 Å². The predicted molar refractivity (Wildman–Crippen MR) is 73.6 cm³/mol. The third-order valence-electron chi connectivity index (χ3n) is 2.91. The van der Waals surface area contributed by atoms with Crippen molar-refractivity contribution in [3.8, 4) is 0 Å². The Bertz CT molecular complexity index is 351. The fourth-order valence-electron chi connectivity index (χ4n) is 1.89. The van der Waals surface area contributed by atoms with E-state index in [4.69, 9.17) is 0 Å². The van der Waals surface area contributed by atoms with E-state index in [2.05, 4.69) is 9.46 Å². The number of rotatable bonds is 5. The average molecular weight is 375 g/mol. The maximum atomic E-state index is 11.9. The first-order valence-electron chi connectivity index (χ1n) is 5.67. The Morgan fingerprint density at radius 3 is 2.53 bits per heavy atom. The number of sulfonamides is 1. The number of esters is 1. The summed E-state index contributed by atoms with van der Waals surface area (Å²) >= 11 is 1.88. The van der Waals surface area contributed by atoms with E-state index in [-0.39, 0.29) is 11.8 Å². The summed E-state index contributed by atoms with van der Waals surface area (Å²) in [6.45, 7) is 0.103. The molecule has 0 aromatic heterocycles. The minimum Gasteiger partial charge on any atom is -0.468 e. The second-order valence-corrected chi connectivity index (χ2v) is 7.69. The van der Waals surface area contributed by atoms with Crippen LogP contribution >= 0.6 is 22.6 Å². The van der Waals surface area contributed by atoms with Crippen LogP contribution in [0.5, 0.6) is 0 Å². The van der Waals surface area contributed by atoms with Gasteiger partial charge in [0.1, 0.15) is 3.92 Å². The molecule has 1 rings (SSSR count). The van der Waals surface area contributed by atoms with E-state index in [1.807, 2.05) is 22.6 Å². The topological polar surface area (TPSA) is 72.5 Å². The van der Waals surface area contributed by atoms with Crippen molar-refractivity contribution in [2.75, 3.05) is 13.7 Å². The van der Waals surface area contributed by atoms with Crippen molar-refractivity contribution >= 4 is 38.6 Å². The minimum atomic E-state index is -3.28.